The van der Waals surface area contributed by atoms with Gasteiger partial charge < -0.3 is 10.1 Å². The van der Waals surface area contributed by atoms with Gasteiger partial charge in [-0.2, -0.15) is 0 Å². The SMILES string of the molecule is CCN1CCC[C@@H]1CNCc1cc(Br)ccc1OCc1c(Cl)cccc1Cl. The van der Waals surface area contributed by atoms with E-state index in [1.165, 1.54) is 19.4 Å². The molecule has 1 aliphatic heterocycles. The summed E-state index contributed by atoms with van der Waals surface area (Å²) in [5, 5.41) is 4.85. The second-order valence-corrected chi connectivity index (χ2v) is 8.53. The first-order chi connectivity index (χ1) is 13.1. The molecular weight excluding hydrogens is 447 g/mol. The fraction of sp³-hybridized carbons (Fsp3) is 0.429. The summed E-state index contributed by atoms with van der Waals surface area (Å²) in [6.07, 6.45) is 2.57. The molecule has 27 heavy (non-hydrogen) atoms. The summed E-state index contributed by atoms with van der Waals surface area (Å²) in [7, 11) is 0. The molecule has 1 heterocycles. The Bertz CT molecular complexity index is 752. The Labute approximate surface area is 180 Å². The van der Waals surface area contributed by atoms with Crippen LogP contribution in [0.5, 0.6) is 5.75 Å². The largest absolute Gasteiger partial charge is 0.488 e. The first-order valence-electron chi connectivity index (χ1n) is 9.37. The van der Waals surface area contributed by atoms with Gasteiger partial charge in [0.2, 0.25) is 0 Å². The van der Waals surface area contributed by atoms with Crippen molar-refractivity contribution in [2.75, 3.05) is 19.6 Å². The van der Waals surface area contributed by atoms with Crippen molar-refractivity contribution in [1.29, 1.82) is 0 Å². The first-order valence-corrected chi connectivity index (χ1v) is 10.9. The lowest BCUT2D eigenvalue weighted by Gasteiger charge is -2.23. The maximum atomic E-state index is 6.26. The molecule has 0 spiro atoms. The molecule has 1 fully saturated rings. The average molecular weight is 472 g/mol. The number of ether oxygens (including phenoxy) is 1. The number of nitrogens with zero attached hydrogens (tertiary/aromatic N) is 1. The topological polar surface area (TPSA) is 24.5 Å². The standard InChI is InChI=1S/C21H25BrCl2N2O/c1-2-26-10-4-5-17(26)13-25-12-15-11-16(22)8-9-21(15)27-14-18-19(23)6-3-7-20(18)24/h3,6-9,11,17,25H,2,4-5,10,12-14H2,1H3/t17-/m1/s1. The highest BCUT2D eigenvalue weighted by molar-refractivity contribution is 9.10. The van der Waals surface area contributed by atoms with E-state index < -0.39 is 0 Å². The molecule has 0 saturated carbocycles. The van der Waals surface area contributed by atoms with Gasteiger partial charge in [0.1, 0.15) is 12.4 Å². The van der Waals surface area contributed by atoms with Crippen molar-refractivity contribution in [3.8, 4) is 5.75 Å². The smallest absolute Gasteiger partial charge is 0.124 e. The molecule has 0 bridgehead atoms. The summed E-state index contributed by atoms with van der Waals surface area (Å²) >= 11 is 16.1. The number of benzene rings is 2. The van der Waals surface area contributed by atoms with Crippen molar-refractivity contribution in [1.82, 2.24) is 10.2 Å². The normalized spacial score (nSPS) is 17.4. The highest BCUT2D eigenvalue weighted by Crippen LogP contribution is 2.28. The minimum atomic E-state index is 0.347. The van der Waals surface area contributed by atoms with Crippen LogP contribution in [0.2, 0.25) is 10.0 Å². The third-order valence-electron chi connectivity index (χ3n) is 5.06. The second kappa shape index (κ2) is 10.1. The van der Waals surface area contributed by atoms with Gasteiger partial charge in [-0.15, -0.1) is 0 Å². The summed E-state index contributed by atoms with van der Waals surface area (Å²) in [5.41, 5.74) is 1.93. The third-order valence-corrected chi connectivity index (χ3v) is 6.26. The van der Waals surface area contributed by atoms with Crippen LogP contribution < -0.4 is 10.1 Å². The molecule has 1 saturated heterocycles. The number of hydrogen-bond acceptors (Lipinski definition) is 3. The van der Waals surface area contributed by atoms with E-state index in [2.05, 4.69) is 39.1 Å². The maximum Gasteiger partial charge on any atom is 0.124 e. The molecule has 1 aliphatic rings. The predicted octanol–water partition coefficient (Wildman–Crippen LogP) is 5.91. The molecule has 1 N–H and O–H groups in total. The number of likely N-dealkylation sites (N-methyl/N-ethyl adjacent to an activating group) is 1. The Morgan fingerprint density at radius 3 is 2.74 bits per heavy atom. The van der Waals surface area contributed by atoms with Gasteiger partial charge in [0.25, 0.3) is 0 Å². The maximum absolute atomic E-state index is 6.26. The molecule has 3 rings (SSSR count). The van der Waals surface area contributed by atoms with E-state index in [9.17, 15) is 0 Å². The van der Waals surface area contributed by atoms with Gasteiger partial charge >= 0.3 is 0 Å². The van der Waals surface area contributed by atoms with E-state index in [-0.39, 0.29) is 0 Å². The molecule has 0 aromatic heterocycles. The van der Waals surface area contributed by atoms with Crippen LogP contribution in [0.1, 0.15) is 30.9 Å². The van der Waals surface area contributed by atoms with Gasteiger partial charge in [0.05, 0.1) is 0 Å². The van der Waals surface area contributed by atoms with Crippen molar-refractivity contribution in [3.63, 3.8) is 0 Å². The molecule has 0 amide bonds. The van der Waals surface area contributed by atoms with Crippen molar-refractivity contribution in [2.24, 2.45) is 0 Å². The molecule has 2 aromatic rings. The summed E-state index contributed by atoms with van der Waals surface area (Å²) in [6, 6.07) is 12.2. The Balaban J connectivity index is 1.62. The van der Waals surface area contributed by atoms with Crippen molar-refractivity contribution in [3.05, 3.63) is 62.0 Å². The number of hydrogen-bond donors (Lipinski definition) is 1. The van der Waals surface area contributed by atoms with E-state index in [0.29, 0.717) is 22.7 Å². The van der Waals surface area contributed by atoms with Gasteiger partial charge in [-0.05, 0) is 56.3 Å². The fourth-order valence-electron chi connectivity index (χ4n) is 3.56. The Morgan fingerprint density at radius 2 is 2.00 bits per heavy atom. The lowest BCUT2D eigenvalue weighted by Crippen LogP contribution is -2.37. The zero-order valence-electron chi connectivity index (χ0n) is 15.5. The third kappa shape index (κ3) is 5.61. The minimum Gasteiger partial charge on any atom is -0.488 e. The fourth-order valence-corrected chi connectivity index (χ4v) is 4.48. The zero-order chi connectivity index (χ0) is 19.2. The Hall–Kier alpha value is -0.780. The molecule has 2 aromatic carbocycles. The lowest BCUT2D eigenvalue weighted by atomic mass is 10.1. The van der Waals surface area contributed by atoms with Crippen molar-refractivity contribution >= 4 is 39.1 Å². The monoisotopic (exact) mass is 470 g/mol. The molecular formula is C21H25BrCl2N2O. The van der Waals surface area contributed by atoms with Crippen LogP contribution >= 0.6 is 39.1 Å². The molecule has 3 nitrogen and oxygen atoms in total. The van der Waals surface area contributed by atoms with E-state index in [4.69, 9.17) is 27.9 Å². The zero-order valence-corrected chi connectivity index (χ0v) is 18.6. The number of halogens is 3. The van der Waals surface area contributed by atoms with Crippen LogP contribution in [0, 0.1) is 0 Å². The molecule has 0 aliphatic carbocycles. The number of rotatable bonds is 8. The first kappa shape index (κ1) is 20.9. The van der Waals surface area contributed by atoms with E-state index in [0.717, 1.165) is 41.0 Å². The minimum absolute atomic E-state index is 0.347. The van der Waals surface area contributed by atoms with Crippen LogP contribution in [-0.4, -0.2) is 30.6 Å². The van der Waals surface area contributed by atoms with Gasteiger partial charge in [0, 0.05) is 44.8 Å². The molecule has 6 heteroatoms. The molecule has 0 radical (unpaired) electrons. The van der Waals surface area contributed by atoms with Crippen molar-refractivity contribution < 1.29 is 4.74 Å². The second-order valence-electron chi connectivity index (χ2n) is 6.80. The van der Waals surface area contributed by atoms with Crippen LogP contribution in [0.4, 0.5) is 0 Å². The number of nitrogens with one attached hydrogen (secondary N) is 1. The van der Waals surface area contributed by atoms with Gasteiger partial charge in [-0.3, -0.25) is 4.90 Å². The molecule has 146 valence electrons. The Morgan fingerprint density at radius 1 is 1.22 bits per heavy atom. The van der Waals surface area contributed by atoms with E-state index in [1.54, 1.807) is 0 Å². The average Bonchev–Trinajstić information content (AvgIpc) is 3.10. The van der Waals surface area contributed by atoms with Gasteiger partial charge in [-0.1, -0.05) is 52.1 Å². The summed E-state index contributed by atoms with van der Waals surface area (Å²) < 4.78 is 7.10. The predicted molar refractivity (Wildman–Crippen MR) is 117 cm³/mol. The van der Waals surface area contributed by atoms with Crippen molar-refractivity contribution in [2.45, 2.75) is 39.0 Å². The Kier molecular flexibility index (Phi) is 7.86. The molecule has 1 atom stereocenters. The molecule has 0 unspecified atom stereocenters. The van der Waals surface area contributed by atoms with Crippen LogP contribution in [-0.2, 0) is 13.2 Å². The summed E-state index contributed by atoms with van der Waals surface area (Å²) in [4.78, 5) is 2.55. The quantitative estimate of drug-likeness (QED) is 0.517. The van der Waals surface area contributed by atoms with Crippen LogP contribution in [0.25, 0.3) is 0 Å². The van der Waals surface area contributed by atoms with Gasteiger partial charge in [0.15, 0.2) is 0 Å². The van der Waals surface area contributed by atoms with E-state index >= 15 is 0 Å². The lowest BCUT2D eigenvalue weighted by molar-refractivity contribution is 0.259. The van der Waals surface area contributed by atoms with Crippen LogP contribution in [0.3, 0.4) is 0 Å². The highest BCUT2D eigenvalue weighted by Gasteiger charge is 2.22. The van der Waals surface area contributed by atoms with Crippen LogP contribution in [0.15, 0.2) is 40.9 Å². The summed E-state index contributed by atoms with van der Waals surface area (Å²) in [6.45, 7) is 6.68. The van der Waals surface area contributed by atoms with E-state index in [1.807, 2.05) is 30.3 Å². The van der Waals surface area contributed by atoms with Gasteiger partial charge in [-0.25, -0.2) is 0 Å². The summed E-state index contributed by atoms with van der Waals surface area (Å²) in [5.74, 6) is 0.848. The number of likely N-dealkylation sites (tertiary alicyclic amines) is 1. The highest BCUT2D eigenvalue weighted by atomic mass is 79.9.